The van der Waals surface area contributed by atoms with Gasteiger partial charge in [-0.25, -0.2) is 0 Å². The quantitative estimate of drug-likeness (QED) is 0.681. The molecule has 0 aromatic heterocycles. The highest BCUT2D eigenvalue weighted by Gasteiger charge is 2.32. The van der Waals surface area contributed by atoms with Crippen LogP contribution in [0.25, 0.3) is 0 Å². The molecule has 0 spiro atoms. The average molecular weight is 336 g/mol. The molecule has 140 valence electrons. The molecule has 0 aromatic rings. The van der Waals surface area contributed by atoms with E-state index in [1.54, 1.807) is 0 Å². The lowest BCUT2D eigenvalue weighted by Crippen LogP contribution is -2.38. The van der Waals surface area contributed by atoms with E-state index in [-0.39, 0.29) is 0 Å². The Balaban J connectivity index is 1.40. The number of hydrogen-bond acceptors (Lipinski definition) is 3. The van der Waals surface area contributed by atoms with Crippen molar-refractivity contribution in [3.8, 4) is 0 Å². The van der Waals surface area contributed by atoms with Gasteiger partial charge in [0.05, 0.1) is 0 Å². The Kier molecular flexibility index (Phi) is 7.00. The standard InChI is InChI=1S/C21H41N3/c22-19-3-1-2-15(5-9-19)13-18-8-4-17(14-21(18)24)12-16-6-10-20(23)11-7-16/h15-21H,1-14,22-24H2. The molecule has 0 saturated heterocycles. The van der Waals surface area contributed by atoms with Crippen molar-refractivity contribution >= 4 is 0 Å². The molecule has 3 saturated carbocycles. The maximum Gasteiger partial charge on any atom is 0.00699 e. The lowest BCUT2D eigenvalue weighted by Gasteiger charge is -2.38. The van der Waals surface area contributed by atoms with Gasteiger partial charge in [0.15, 0.2) is 0 Å². The van der Waals surface area contributed by atoms with Crippen LogP contribution in [0.15, 0.2) is 0 Å². The Hall–Kier alpha value is -0.120. The van der Waals surface area contributed by atoms with Crippen LogP contribution in [0.1, 0.15) is 89.9 Å². The van der Waals surface area contributed by atoms with Gasteiger partial charge in [-0.3, -0.25) is 0 Å². The summed E-state index contributed by atoms with van der Waals surface area (Å²) in [7, 11) is 0. The van der Waals surface area contributed by atoms with E-state index in [0.29, 0.717) is 18.1 Å². The summed E-state index contributed by atoms with van der Waals surface area (Å²) in [6.45, 7) is 0. The summed E-state index contributed by atoms with van der Waals surface area (Å²) in [5.74, 6) is 3.49. The highest BCUT2D eigenvalue weighted by atomic mass is 14.7. The van der Waals surface area contributed by atoms with Crippen LogP contribution in [0.2, 0.25) is 0 Å². The molecule has 0 aliphatic heterocycles. The lowest BCUT2D eigenvalue weighted by atomic mass is 9.70. The second kappa shape index (κ2) is 9.00. The van der Waals surface area contributed by atoms with Crippen LogP contribution < -0.4 is 17.2 Å². The van der Waals surface area contributed by atoms with Crippen molar-refractivity contribution in [1.82, 2.24) is 0 Å². The van der Waals surface area contributed by atoms with Gasteiger partial charge in [0.25, 0.3) is 0 Å². The summed E-state index contributed by atoms with van der Waals surface area (Å²) in [5.41, 5.74) is 18.8. The summed E-state index contributed by atoms with van der Waals surface area (Å²) in [5, 5.41) is 0. The molecule has 24 heavy (non-hydrogen) atoms. The monoisotopic (exact) mass is 335 g/mol. The van der Waals surface area contributed by atoms with Gasteiger partial charge in [0.1, 0.15) is 0 Å². The zero-order chi connectivity index (χ0) is 16.9. The fraction of sp³-hybridized carbons (Fsp3) is 1.00. The number of nitrogens with two attached hydrogens (primary N) is 3. The second-order valence-electron chi connectivity index (χ2n) is 9.49. The summed E-state index contributed by atoms with van der Waals surface area (Å²) in [6, 6.07) is 1.39. The molecular formula is C21H41N3. The molecule has 6 N–H and O–H groups in total. The molecule has 0 aromatic carbocycles. The van der Waals surface area contributed by atoms with Gasteiger partial charge in [-0.05, 0) is 94.3 Å². The van der Waals surface area contributed by atoms with E-state index >= 15 is 0 Å². The summed E-state index contributed by atoms with van der Waals surface area (Å²) < 4.78 is 0. The van der Waals surface area contributed by atoms with E-state index in [4.69, 9.17) is 17.2 Å². The van der Waals surface area contributed by atoms with Crippen molar-refractivity contribution in [2.45, 2.75) is 108 Å². The van der Waals surface area contributed by atoms with Crippen LogP contribution in [0, 0.1) is 23.7 Å². The smallest absolute Gasteiger partial charge is 0.00699 e. The first-order valence-corrected chi connectivity index (χ1v) is 10.9. The molecule has 3 aliphatic rings. The zero-order valence-corrected chi connectivity index (χ0v) is 15.7. The van der Waals surface area contributed by atoms with Crippen molar-refractivity contribution < 1.29 is 0 Å². The van der Waals surface area contributed by atoms with E-state index in [2.05, 4.69) is 0 Å². The molecule has 3 nitrogen and oxygen atoms in total. The summed E-state index contributed by atoms with van der Waals surface area (Å²) in [6.07, 6.45) is 18.6. The lowest BCUT2D eigenvalue weighted by molar-refractivity contribution is 0.164. The minimum atomic E-state index is 0.450. The summed E-state index contributed by atoms with van der Waals surface area (Å²) >= 11 is 0. The third kappa shape index (κ3) is 5.44. The fourth-order valence-corrected chi connectivity index (χ4v) is 5.83. The van der Waals surface area contributed by atoms with Crippen LogP contribution in [0.4, 0.5) is 0 Å². The zero-order valence-electron chi connectivity index (χ0n) is 15.7. The molecule has 5 atom stereocenters. The van der Waals surface area contributed by atoms with Gasteiger partial charge < -0.3 is 17.2 Å². The second-order valence-corrected chi connectivity index (χ2v) is 9.49. The molecule has 0 radical (unpaired) electrons. The van der Waals surface area contributed by atoms with Gasteiger partial charge >= 0.3 is 0 Å². The SMILES string of the molecule is NC1CCC(CC2CCC(CC3CCCC(N)CC3)C(N)C2)CC1. The molecule has 3 heteroatoms. The number of hydrogen-bond donors (Lipinski definition) is 3. The molecular weight excluding hydrogens is 294 g/mol. The van der Waals surface area contributed by atoms with Gasteiger partial charge in [-0.2, -0.15) is 0 Å². The first kappa shape index (κ1) is 18.7. The molecule has 3 aliphatic carbocycles. The normalized spacial score (nSPS) is 44.9. The van der Waals surface area contributed by atoms with Gasteiger partial charge in [-0.1, -0.05) is 19.3 Å². The highest BCUT2D eigenvalue weighted by Crippen LogP contribution is 2.39. The van der Waals surface area contributed by atoms with E-state index in [9.17, 15) is 0 Å². The van der Waals surface area contributed by atoms with Gasteiger partial charge in [-0.15, -0.1) is 0 Å². The van der Waals surface area contributed by atoms with E-state index < -0.39 is 0 Å². The minimum Gasteiger partial charge on any atom is -0.328 e. The fourth-order valence-electron chi connectivity index (χ4n) is 5.83. The first-order chi connectivity index (χ1) is 11.6. The number of rotatable bonds is 4. The predicted molar refractivity (Wildman–Crippen MR) is 103 cm³/mol. The Morgan fingerprint density at radius 2 is 1.12 bits per heavy atom. The first-order valence-electron chi connectivity index (χ1n) is 10.9. The molecule has 0 heterocycles. The van der Waals surface area contributed by atoms with Crippen molar-refractivity contribution in [2.75, 3.05) is 0 Å². The van der Waals surface area contributed by atoms with Crippen molar-refractivity contribution in [2.24, 2.45) is 40.9 Å². The Morgan fingerprint density at radius 3 is 1.79 bits per heavy atom. The molecule has 5 unspecified atom stereocenters. The minimum absolute atomic E-state index is 0.450. The van der Waals surface area contributed by atoms with Crippen LogP contribution in [-0.4, -0.2) is 18.1 Å². The van der Waals surface area contributed by atoms with E-state index in [1.165, 1.54) is 89.9 Å². The molecule has 0 amide bonds. The van der Waals surface area contributed by atoms with Crippen LogP contribution in [0.5, 0.6) is 0 Å². The maximum atomic E-state index is 6.64. The molecule has 0 bridgehead atoms. The Labute approximate surface area is 149 Å². The van der Waals surface area contributed by atoms with Crippen molar-refractivity contribution in [3.05, 3.63) is 0 Å². The third-order valence-electron chi connectivity index (χ3n) is 7.48. The van der Waals surface area contributed by atoms with Crippen molar-refractivity contribution in [1.29, 1.82) is 0 Å². The predicted octanol–water partition coefficient (Wildman–Crippen LogP) is 3.94. The van der Waals surface area contributed by atoms with Gasteiger partial charge in [0.2, 0.25) is 0 Å². The summed E-state index contributed by atoms with van der Waals surface area (Å²) in [4.78, 5) is 0. The maximum absolute atomic E-state index is 6.64. The topological polar surface area (TPSA) is 78.1 Å². The van der Waals surface area contributed by atoms with E-state index in [0.717, 1.165) is 23.7 Å². The Bertz CT molecular complexity index is 364. The van der Waals surface area contributed by atoms with Gasteiger partial charge in [0, 0.05) is 18.1 Å². The van der Waals surface area contributed by atoms with Crippen molar-refractivity contribution in [3.63, 3.8) is 0 Å². The highest BCUT2D eigenvalue weighted by molar-refractivity contribution is 4.87. The Morgan fingerprint density at radius 1 is 0.542 bits per heavy atom. The molecule has 3 rings (SSSR count). The van der Waals surface area contributed by atoms with Crippen LogP contribution >= 0.6 is 0 Å². The average Bonchev–Trinajstić information content (AvgIpc) is 2.77. The van der Waals surface area contributed by atoms with E-state index in [1.807, 2.05) is 0 Å². The van der Waals surface area contributed by atoms with Crippen LogP contribution in [0.3, 0.4) is 0 Å². The van der Waals surface area contributed by atoms with Crippen LogP contribution in [-0.2, 0) is 0 Å². The third-order valence-corrected chi connectivity index (χ3v) is 7.48. The molecule has 3 fully saturated rings. The largest absolute Gasteiger partial charge is 0.328 e.